The van der Waals surface area contributed by atoms with Gasteiger partial charge in [-0.1, -0.05) is 0 Å². The van der Waals surface area contributed by atoms with Crippen molar-refractivity contribution in [3.8, 4) is 0 Å². The minimum atomic E-state index is -0.852. The van der Waals surface area contributed by atoms with Crippen LogP contribution in [0, 0.1) is 5.92 Å². The maximum atomic E-state index is 10.9. The number of hydrogen-bond donors (Lipinski definition) is 1. The molecule has 0 unspecified atom stereocenters. The molecule has 0 aromatic carbocycles. The second kappa shape index (κ2) is 3.14. The Hall–Kier alpha value is -1.39. The molecule has 60 valence electrons. The van der Waals surface area contributed by atoms with Crippen LogP contribution >= 0.6 is 0 Å². The van der Waals surface area contributed by atoms with Crippen LogP contribution in [0.4, 0.5) is 0 Å². The Kier molecular flexibility index (Phi) is 2.20. The minimum Gasteiger partial charge on any atom is -0.465 e. The summed E-state index contributed by atoms with van der Waals surface area (Å²) in [6.07, 6.45) is 1.24. The summed E-state index contributed by atoms with van der Waals surface area (Å²) in [6, 6.07) is 0. The van der Waals surface area contributed by atoms with Gasteiger partial charge in [0.05, 0.1) is 6.61 Å². The van der Waals surface area contributed by atoms with Gasteiger partial charge in [0.25, 0.3) is 5.91 Å². The number of hydrazone groups is 1. The fourth-order valence-corrected chi connectivity index (χ4v) is 0.713. The van der Waals surface area contributed by atoms with Crippen LogP contribution in [0.25, 0.3) is 0 Å². The van der Waals surface area contributed by atoms with Gasteiger partial charge in [-0.25, -0.2) is 5.43 Å². The molecule has 1 aliphatic rings. The van der Waals surface area contributed by atoms with Crippen molar-refractivity contribution in [3.05, 3.63) is 0 Å². The molecule has 0 aromatic heterocycles. The van der Waals surface area contributed by atoms with Crippen LogP contribution in [0.1, 0.15) is 6.92 Å². The molecule has 0 fully saturated rings. The first-order chi connectivity index (χ1) is 5.25. The van der Waals surface area contributed by atoms with Crippen molar-refractivity contribution in [1.29, 1.82) is 0 Å². The zero-order valence-electron chi connectivity index (χ0n) is 6.03. The first kappa shape index (κ1) is 7.71. The summed E-state index contributed by atoms with van der Waals surface area (Å²) < 4.78 is 4.61. The lowest BCUT2D eigenvalue weighted by Crippen LogP contribution is -2.28. The lowest BCUT2D eigenvalue weighted by atomic mass is 10.2. The third kappa shape index (κ3) is 1.54. The highest BCUT2D eigenvalue weighted by atomic mass is 16.5. The normalized spacial score (nSPS) is 21.5. The molecule has 1 rings (SSSR count). The van der Waals surface area contributed by atoms with E-state index < -0.39 is 17.8 Å². The zero-order valence-corrected chi connectivity index (χ0v) is 6.03. The summed E-state index contributed by atoms with van der Waals surface area (Å²) in [5.74, 6) is -1.83. The second-order valence-electron chi connectivity index (χ2n) is 1.98. The van der Waals surface area contributed by atoms with Gasteiger partial charge in [-0.2, -0.15) is 5.10 Å². The van der Waals surface area contributed by atoms with E-state index in [1.807, 2.05) is 0 Å². The first-order valence-electron chi connectivity index (χ1n) is 3.25. The minimum absolute atomic E-state index is 0.274. The van der Waals surface area contributed by atoms with Gasteiger partial charge in [0.15, 0.2) is 5.92 Å². The smallest absolute Gasteiger partial charge is 0.324 e. The molecule has 1 aliphatic heterocycles. The Labute approximate surface area is 63.4 Å². The van der Waals surface area contributed by atoms with Crippen LogP contribution in [0.2, 0.25) is 0 Å². The molecule has 1 N–H and O–H groups in total. The summed E-state index contributed by atoms with van der Waals surface area (Å²) in [4.78, 5) is 21.6. The lowest BCUT2D eigenvalue weighted by molar-refractivity contribution is -0.148. The summed E-state index contributed by atoms with van der Waals surface area (Å²) in [5, 5.41) is 3.42. The quantitative estimate of drug-likeness (QED) is 0.424. The predicted molar refractivity (Wildman–Crippen MR) is 36.8 cm³/mol. The number of amides is 1. The molecule has 5 nitrogen and oxygen atoms in total. The average Bonchev–Trinajstić information content (AvgIpc) is 2.36. The SMILES string of the molecule is CCOC(=O)[C@@H]1C=NNC1=O. The van der Waals surface area contributed by atoms with Gasteiger partial charge in [-0.15, -0.1) is 0 Å². The number of nitrogens with zero attached hydrogens (tertiary/aromatic N) is 1. The standard InChI is InChI=1S/C6H8N2O3/c1-2-11-6(10)4-3-7-8-5(4)9/h3-4H,2H2,1H3,(H,8,9)/t4-/m1/s1. The van der Waals surface area contributed by atoms with Crippen molar-refractivity contribution in [2.75, 3.05) is 6.61 Å². The summed E-state index contributed by atoms with van der Waals surface area (Å²) in [7, 11) is 0. The maximum Gasteiger partial charge on any atom is 0.324 e. The van der Waals surface area contributed by atoms with Gasteiger partial charge in [0, 0.05) is 6.21 Å². The second-order valence-corrected chi connectivity index (χ2v) is 1.98. The Balaban J connectivity index is 2.53. The molecule has 0 bridgehead atoms. The van der Waals surface area contributed by atoms with Gasteiger partial charge >= 0.3 is 5.97 Å². The lowest BCUT2D eigenvalue weighted by Gasteiger charge is -2.02. The molecule has 0 saturated heterocycles. The van der Waals surface area contributed by atoms with E-state index in [2.05, 4.69) is 15.3 Å². The van der Waals surface area contributed by atoms with Gasteiger partial charge in [-0.05, 0) is 6.92 Å². The van der Waals surface area contributed by atoms with E-state index >= 15 is 0 Å². The van der Waals surface area contributed by atoms with Crippen LogP contribution in [0.3, 0.4) is 0 Å². The molecule has 1 atom stereocenters. The molecular formula is C6H8N2O3. The van der Waals surface area contributed by atoms with Crippen molar-refractivity contribution in [2.45, 2.75) is 6.92 Å². The molecule has 0 aromatic rings. The Morgan fingerprint density at radius 3 is 3.09 bits per heavy atom. The highest BCUT2D eigenvalue weighted by Gasteiger charge is 2.29. The Bertz CT molecular complexity index is 212. The number of carbonyl (C=O) groups excluding carboxylic acids is 2. The van der Waals surface area contributed by atoms with E-state index in [1.54, 1.807) is 6.92 Å². The van der Waals surface area contributed by atoms with E-state index in [9.17, 15) is 9.59 Å². The van der Waals surface area contributed by atoms with E-state index in [1.165, 1.54) is 6.21 Å². The monoisotopic (exact) mass is 156 g/mol. The van der Waals surface area contributed by atoms with Crippen LogP contribution in [0.5, 0.6) is 0 Å². The number of nitrogens with one attached hydrogen (secondary N) is 1. The van der Waals surface area contributed by atoms with Crippen molar-refractivity contribution in [3.63, 3.8) is 0 Å². The van der Waals surface area contributed by atoms with E-state index in [-0.39, 0.29) is 6.61 Å². The van der Waals surface area contributed by atoms with Crippen LogP contribution in [-0.4, -0.2) is 24.7 Å². The summed E-state index contributed by atoms with van der Waals surface area (Å²) >= 11 is 0. The van der Waals surface area contributed by atoms with Crippen LogP contribution in [0.15, 0.2) is 5.10 Å². The number of rotatable bonds is 2. The number of carbonyl (C=O) groups is 2. The Morgan fingerprint density at radius 2 is 2.64 bits per heavy atom. The fraction of sp³-hybridized carbons (Fsp3) is 0.500. The summed E-state index contributed by atoms with van der Waals surface area (Å²) in [6.45, 7) is 1.96. The van der Waals surface area contributed by atoms with Crippen molar-refractivity contribution >= 4 is 18.1 Å². The zero-order chi connectivity index (χ0) is 8.27. The average molecular weight is 156 g/mol. The number of esters is 1. The molecular weight excluding hydrogens is 148 g/mol. The highest BCUT2D eigenvalue weighted by Crippen LogP contribution is 2.01. The number of ether oxygens (including phenoxy) is 1. The largest absolute Gasteiger partial charge is 0.465 e. The molecule has 0 saturated carbocycles. The predicted octanol–water partition coefficient (Wildman–Crippen LogP) is -0.719. The van der Waals surface area contributed by atoms with Crippen LogP contribution in [-0.2, 0) is 14.3 Å². The van der Waals surface area contributed by atoms with Crippen molar-refractivity contribution in [2.24, 2.45) is 11.0 Å². The van der Waals surface area contributed by atoms with Gasteiger partial charge in [-0.3, -0.25) is 9.59 Å². The van der Waals surface area contributed by atoms with E-state index in [4.69, 9.17) is 0 Å². The van der Waals surface area contributed by atoms with Crippen LogP contribution < -0.4 is 5.43 Å². The fourth-order valence-electron chi connectivity index (χ4n) is 0.713. The molecule has 11 heavy (non-hydrogen) atoms. The Morgan fingerprint density at radius 1 is 1.91 bits per heavy atom. The number of hydrogen-bond acceptors (Lipinski definition) is 4. The molecule has 0 radical (unpaired) electrons. The van der Waals surface area contributed by atoms with E-state index in [0.29, 0.717) is 0 Å². The third-order valence-corrected chi connectivity index (χ3v) is 1.22. The molecule has 0 spiro atoms. The maximum absolute atomic E-state index is 10.9. The molecule has 1 heterocycles. The first-order valence-corrected chi connectivity index (χ1v) is 3.25. The summed E-state index contributed by atoms with van der Waals surface area (Å²) in [5.41, 5.74) is 2.14. The van der Waals surface area contributed by atoms with Gasteiger partial charge < -0.3 is 4.74 Å². The highest BCUT2D eigenvalue weighted by molar-refractivity contribution is 6.13. The molecule has 1 amide bonds. The molecule has 5 heteroatoms. The third-order valence-electron chi connectivity index (χ3n) is 1.22. The molecule has 0 aliphatic carbocycles. The topological polar surface area (TPSA) is 67.8 Å². The van der Waals surface area contributed by atoms with E-state index in [0.717, 1.165) is 0 Å². The van der Waals surface area contributed by atoms with Gasteiger partial charge in [0.1, 0.15) is 0 Å². The van der Waals surface area contributed by atoms with Crippen molar-refractivity contribution < 1.29 is 14.3 Å². The van der Waals surface area contributed by atoms with Gasteiger partial charge in [0.2, 0.25) is 0 Å². The van der Waals surface area contributed by atoms with Crippen molar-refractivity contribution in [1.82, 2.24) is 5.43 Å².